The lowest BCUT2D eigenvalue weighted by Gasteiger charge is -2.05. The summed E-state index contributed by atoms with van der Waals surface area (Å²) in [7, 11) is 0. The highest BCUT2D eigenvalue weighted by Crippen LogP contribution is 2.15. The molecule has 0 amide bonds. The molecular formula is C12H11BrN2O. The average Bonchev–Trinajstić information content (AvgIpc) is 2.30. The molecule has 0 aliphatic rings. The predicted octanol–water partition coefficient (Wildman–Crippen LogP) is 2.86. The van der Waals surface area contributed by atoms with E-state index >= 15 is 0 Å². The van der Waals surface area contributed by atoms with Crippen LogP contribution in [-0.4, -0.2) is 16.6 Å². The van der Waals surface area contributed by atoms with Crippen LogP contribution in [0.15, 0.2) is 47.5 Å². The first-order valence-electron chi connectivity index (χ1n) is 4.97. The van der Waals surface area contributed by atoms with Crippen molar-refractivity contribution in [2.75, 3.05) is 6.61 Å². The van der Waals surface area contributed by atoms with E-state index in [4.69, 9.17) is 4.74 Å². The Kier molecular flexibility index (Phi) is 3.88. The van der Waals surface area contributed by atoms with Crippen LogP contribution in [-0.2, 0) is 6.42 Å². The maximum atomic E-state index is 5.57. The Balaban J connectivity index is 1.85. The summed E-state index contributed by atoms with van der Waals surface area (Å²) in [4.78, 5) is 8.07. The van der Waals surface area contributed by atoms with E-state index in [9.17, 15) is 0 Å². The van der Waals surface area contributed by atoms with E-state index in [-0.39, 0.29) is 0 Å². The second-order valence-electron chi connectivity index (χ2n) is 3.30. The minimum Gasteiger partial charge on any atom is -0.492 e. The number of aromatic nitrogens is 2. The highest BCUT2D eigenvalue weighted by Gasteiger charge is 1.96. The quantitative estimate of drug-likeness (QED) is 0.863. The summed E-state index contributed by atoms with van der Waals surface area (Å²) in [6.07, 6.45) is 7.90. The van der Waals surface area contributed by atoms with Crippen LogP contribution in [0.5, 0.6) is 5.75 Å². The van der Waals surface area contributed by atoms with Gasteiger partial charge in [-0.15, -0.1) is 0 Å². The van der Waals surface area contributed by atoms with E-state index in [0.717, 1.165) is 16.6 Å². The van der Waals surface area contributed by atoms with Gasteiger partial charge in [0.25, 0.3) is 0 Å². The molecule has 0 aromatic carbocycles. The summed E-state index contributed by atoms with van der Waals surface area (Å²) in [6, 6.07) is 5.86. The maximum Gasteiger partial charge on any atom is 0.138 e. The summed E-state index contributed by atoms with van der Waals surface area (Å²) in [5.41, 5.74) is 1.17. The highest BCUT2D eigenvalue weighted by molar-refractivity contribution is 9.10. The number of halogens is 1. The van der Waals surface area contributed by atoms with Crippen molar-refractivity contribution in [1.82, 2.24) is 9.97 Å². The van der Waals surface area contributed by atoms with E-state index in [1.165, 1.54) is 5.56 Å². The third-order valence-corrected chi connectivity index (χ3v) is 2.50. The van der Waals surface area contributed by atoms with Crippen LogP contribution in [0.2, 0.25) is 0 Å². The summed E-state index contributed by atoms with van der Waals surface area (Å²) in [6.45, 7) is 0.629. The Labute approximate surface area is 103 Å². The number of nitrogens with zero attached hydrogens (tertiary/aromatic N) is 2. The van der Waals surface area contributed by atoms with Crippen molar-refractivity contribution in [1.29, 1.82) is 0 Å². The molecule has 0 atom stereocenters. The molecule has 2 aromatic heterocycles. The smallest absolute Gasteiger partial charge is 0.138 e. The van der Waals surface area contributed by atoms with Crippen molar-refractivity contribution >= 4 is 15.9 Å². The maximum absolute atomic E-state index is 5.57. The third kappa shape index (κ3) is 3.31. The first-order chi connectivity index (χ1) is 7.84. The third-order valence-electron chi connectivity index (χ3n) is 2.06. The molecule has 3 nitrogen and oxygen atoms in total. The fraction of sp³-hybridized carbons (Fsp3) is 0.167. The minimum atomic E-state index is 0.629. The number of ether oxygens (including phenoxy) is 1. The second-order valence-corrected chi connectivity index (χ2v) is 4.21. The van der Waals surface area contributed by atoms with Gasteiger partial charge in [-0.25, -0.2) is 0 Å². The van der Waals surface area contributed by atoms with Gasteiger partial charge in [-0.05, 0) is 33.6 Å². The summed E-state index contributed by atoms with van der Waals surface area (Å²) in [5, 5.41) is 0. The van der Waals surface area contributed by atoms with Crippen LogP contribution < -0.4 is 4.74 Å². The first-order valence-corrected chi connectivity index (χ1v) is 5.76. The standard InChI is InChI=1S/C12H11BrN2O/c13-11-6-12(9-15-8-11)16-5-3-10-2-1-4-14-7-10/h1-2,4,6-9H,3,5H2. The number of hydrogen-bond donors (Lipinski definition) is 0. The molecule has 16 heavy (non-hydrogen) atoms. The summed E-state index contributed by atoms with van der Waals surface area (Å²) < 4.78 is 6.49. The number of pyridine rings is 2. The monoisotopic (exact) mass is 278 g/mol. The Hall–Kier alpha value is -1.42. The molecule has 2 rings (SSSR count). The minimum absolute atomic E-state index is 0.629. The van der Waals surface area contributed by atoms with Gasteiger partial charge >= 0.3 is 0 Å². The number of rotatable bonds is 4. The molecule has 4 heteroatoms. The lowest BCUT2D eigenvalue weighted by Crippen LogP contribution is -2.01. The van der Waals surface area contributed by atoms with Gasteiger partial charge in [-0.2, -0.15) is 0 Å². The first kappa shape index (κ1) is 11.1. The van der Waals surface area contributed by atoms with Crippen LogP contribution in [0.25, 0.3) is 0 Å². The molecule has 0 N–H and O–H groups in total. The van der Waals surface area contributed by atoms with Crippen molar-refractivity contribution in [3.05, 3.63) is 53.0 Å². The van der Waals surface area contributed by atoms with Gasteiger partial charge in [-0.1, -0.05) is 6.07 Å². The molecule has 0 saturated carbocycles. The molecule has 0 spiro atoms. The average molecular weight is 279 g/mol. The van der Waals surface area contributed by atoms with Crippen molar-refractivity contribution in [2.24, 2.45) is 0 Å². The molecular weight excluding hydrogens is 268 g/mol. The van der Waals surface area contributed by atoms with E-state index < -0.39 is 0 Å². The van der Waals surface area contributed by atoms with Crippen molar-refractivity contribution in [3.8, 4) is 5.75 Å². The zero-order chi connectivity index (χ0) is 11.2. The van der Waals surface area contributed by atoms with Gasteiger partial charge < -0.3 is 4.74 Å². The largest absolute Gasteiger partial charge is 0.492 e. The zero-order valence-electron chi connectivity index (χ0n) is 8.64. The van der Waals surface area contributed by atoms with E-state index in [1.807, 2.05) is 24.4 Å². The van der Waals surface area contributed by atoms with Gasteiger partial charge in [0, 0.05) is 29.5 Å². The van der Waals surface area contributed by atoms with E-state index in [1.54, 1.807) is 18.6 Å². The Morgan fingerprint density at radius 3 is 2.88 bits per heavy atom. The molecule has 82 valence electrons. The molecule has 2 aromatic rings. The fourth-order valence-electron chi connectivity index (χ4n) is 1.30. The SMILES string of the molecule is Brc1cncc(OCCc2cccnc2)c1. The van der Waals surface area contributed by atoms with Crippen LogP contribution in [0, 0.1) is 0 Å². The van der Waals surface area contributed by atoms with Gasteiger partial charge in [0.05, 0.1) is 12.8 Å². The Bertz CT molecular complexity index is 448. The van der Waals surface area contributed by atoms with Crippen molar-refractivity contribution in [3.63, 3.8) is 0 Å². The van der Waals surface area contributed by atoms with Crippen LogP contribution >= 0.6 is 15.9 Å². The zero-order valence-corrected chi connectivity index (χ0v) is 10.2. The molecule has 0 bridgehead atoms. The van der Waals surface area contributed by atoms with Crippen LogP contribution in [0.1, 0.15) is 5.56 Å². The fourth-order valence-corrected chi connectivity index (χ4v) is 1.65. The topological polar surface area (TPSA) is 35.0 Å². The van der Waals surface area contributed by atoms with Gasteiger partial charge in [-0.3, -0.25) is 9.97 Å². The summed E-state index contributed by atoms with van der Waals surface area (Å²) in [5.74, 6) is 0.776. The highest BCUT2D eigenvalue weighted by atomic mass is 79.9. The second kappa shape index (κ2) is 5.61. The van der Waals surface area contributed by atoms with Gasteiger partial charge in [0.15, 0.2) is 0 Å². The van der Waals surface area contributed by atoms with E-state index in [0.29, 0.717) is 6.61 Å². The van der Waals surface area contributed by atoms with Crippen LogP contribution in [0.3, 0.4) is 0 Å². The van der Waals surface area contributed by atoms with Gasteiger partial charge in [0.1, 0.15) is 5.75 Å². The summed E-state index contributed by atoms with van der Waals surface area (Å²) >= 11 is 3.35. The Morgan fingerprint density at radius 1 is 1.19 bits per heavy atom. The number of hydrogen-bond acceptors (Lipinski definition) is 3. The molecule has 0 aliphatic carbocycles. The normalized spacial score (nSPS) is 10.1. The lowest BCUT2D eigenvalue weighted by molar-refractivity contribution is 0.320. The molecule has 2 heterocycles. The van der Waals surface area contributed by atoms with Gasteiger partial charge in [0.2, 0.25) is 0 Å². The van der Waals surface area contributed by atoms with Crippen molar-refractivity contribution < 1.29 is 4.74 Å². The predicted molar refractivity (Wildman–Crippen MR) is 65.4 cm³/mol. The van der Waals surface area contributed by atoms with E-state index in [2.05, 4.69) is 25.9 Å². The molecule has 0 fully saturated rings. The molecule has 0 saturated heterocycles. The van der Waals surface area contributed by atoms with Crippen LogP contribution in [0.4, 0.5) is 0 Å². The molecule has 0 unspecified atom stereocenters. The molecule has 0 aliphatic heterocycles. The molecule has 0 radical (unpaired) electrons. The van der Waals surface area contributed by atoms with Crippen molar-refractivity contribution in [2.45, 2.75) is 6.42 Å². The lowest BCUT2D eigenvalue weighted by atomic mass is 10.2. The Morgan fingerprint density at radius 2 is 2.12 bits per heavy atom.